The third-order valence-electron chi connectivity index (χ3n) is 3.51. The summed E-state index contributed by atoms with van der Waals surface area (Å²) in [6.07, 6.45) is 0.857. The number of rotatable bonds is 3. The van der Waals surface area contributed by atoms with Crippen molar-refractivity contribution in [2.45, 2.75) is 33.6 Å². The van der Waals surface area contributed by atoms with Crippen molar-refractivity contribution in [3.8, 4) is 0 Å². The Labute approximate surface area is 106 Å². The van der Waals surface area contributed by atoms with Crippen LogP contribution >= 0.6 is 0 Å². The molecule has 1 aliphatic rings. The van der Waals surface area contributed by atoms with Gasteiger partial charge in [-0.3, -0.25) is 9.59 Å². The van der Waals surface area contributed by atoms with Crippen molar-refractivity contribution in [1.82, 2.24) is 0 Å². The molecule has 1 aromatic rings. The topological polar surface area (TPSA) is 66.4 Å². The highest BCUT2D eigenvalue weighted by Gasteiger charge is 2.57. The van der Waals surface area contributed by atoms with Gasteiger partial charge in [0.25, 0.3) is 0 Å². The highest BCUT2D eigenvalue weighted by molar-refractivity contribution is 6.11. The Balaban J connectivity index is 2.26. The van der Waals surface area contributed by atoms with Crippen molar-refractivity contribution in [3.63, 3.8) is 0 Å². The summed E-state index contributed by atoms with van der Waals surface area (Å²) in [5.41, 5.74) is 2.59. The second-order valence-electron chi connectivity index (χ2n) is 5.12. The predicted octanol–water partition coefficient (Wildman–Crippen LogP) is 2.42. The van der Waals surface area contributed by atoms with Crippen LogP contribution < -0.4 is 5.32 Å². The molecule has 0 aromatic heterocycles. The molecule has 1 amide bonds. The largest absolute Gasteiger partial charge is 0.480 e. The Morgan fingerprint density at radius 3 is 2.06 bits per heavy atom. The minimum atomic E-state index is -1.19. The summed E-state index contributed by atoms with van der Waals surface area (Å²) in [5.74, 6) is -1.42. The van der Waals surface area contributed by atoms with Gasteiger partial charge in [0.2, 0.25) is 5.91 Å². The summed E-state index contributed by atoms with van der Waals surface area (Å²) in [6, 6.07) is 3.95. The summed E-state index contributed by atoms with van der Waals surface area (Å²) in [5, 5.41) is 11.8. The molecule has 0 saturated heterocycles. The number of amides is 1. The quantitative estimate of drug-likeness (QED) is 0.806. The molecule has 0 bridgehead atoms. The molecule has 0 radical (unpaired) electrons. The van der Waals surface area contributed by atoms with E-state index in [0.29, 0.717) is 12.8 Å². The molecule has 0 spiro atoms. The van der Waals surface area contributed by atoms with Crippen LogP contribution in [0, 0.1) is 26.2 Å². The molecule has 2 N–H and O–H groups in total. The van der Waals surface area contributed by atoms with Crippen LogP contribution in [0.5, 0.6) is 0 Å². The number of carboxylic acid groups (broad SMARTS) is 1. The highest BCUT2D eigenvalue weighted by atomic mass is 16.4. The monoisotopic (exact) mass is 247 g/mol. The van der Waals surface area contributed by atoms with Gasteiger partial charge in [0.1, 0.15) is 5.41 Å². The number of hydrogen-bond acceptors (Lipinski definition) is 2. The van der Waals surface area contributed by atoms with Gasteiger partial charge in [-0.15, -0.1) is 0 Å². The Hall–Kier alpha value is -1.84. The molecule has 0 unspecified atom stereocenters. The molecular weight excluding hydrogens is 230 g/mol. The first-order valence-electron chi connectivity index (χ1n) is 5.99. The van der Waals surface area contributed by atoms with Gasteiger partial charge >= 0.3 is 5.97 Å². The first-order chi connectivity index (χ1) is 8.36. The molecule has 1 fully saturated rings. The number of aryl methyl sites for hydroxylation is 3. The van der Waals surface area contributed by atoms with Crippen LogP contribution in [0.3, 0.4) is 0 Å². The lowest BCUT2D eigenvalue weighted by Gasteiger charge is -2.15. The molecule has 18 heavy (non-hydrogen) atoms. The Kier molecular flexibility index (Phi) is 2.89. The van der Waals surface area contributed by atoms with Gasteiger partial charge in [0.15, 0.2) is 0 Å². The maximum atomic E-state index is 12.0. The van der Waals surface area contributed by atoms with E-state index in [1.807, 2.05) is 32.9 Å². The van der Waals surface area contributed by atoms with Crippen molar-refractivity contribution < 1.29 is 14.7 Å². The summed E-state index contributed by atoms with van der Waals surface area (Å²) >= 11 is 0. The van der Waals surface area contributed by atoms with Gasteiger partial charge in [-0.25, -0.2) is 0 Å². The summed E-state index contributed by atoms with van der Waals surface area (Å²) in [4.78, 5) is 23.1. The van der Waals surface area contributed by atoms with Crippen LogP contribution in [0.2, 0.25) is 0 Å². The standard InChI is InChI=1S/C14H17NO3/c1-8-6-9(2)11(10(3)7-8)15-12(16)14(4-5-14)13(17)18/h6-7H,4-5H2,1-3H3,(H,15,16)(H,17,18). The Bertz CT molecular complexity index is 507. The summed E-state index contributed by atoms with van der Waals surface area (Å²) in [7, 11) is 0. The number of carbonyl (C=O) groups is 2. The molecular formula is C14H17NO3. The summed E-state index contributed by atoms with van der Waals surface area (Å²) < 4.78 is 0. The van der Waals surface area contributed by atoms with Crippen LogP contribution in [0.1, 0.15) is 29.5 Å². The molecule has 1 aliphatic carbocycles. The number of hydrogen-bond donors (Lipinski definition) is 2. The molecule has 0 atom stereocenters. The highest BCUT2D eigenvalue weighted by Crippen LogP contribution is 2.47. The van der Waals surface area contributed by atoms with Gasteiger partial charge in [-0.1, -0.05) is 17.7 Å². The third-order valence-corrected chi connectivity index (χ3v) is 3.51. The van der Waals surface area contributed by atoms with Gasteiger partial charge in [0, 0.05) is 5.69 Å². The second-order valence-corrected chi connectivity index (χ2v) is 5.12. The average Bonchev–Trinajstić information content (AvgIpc) is 3.03. The molecule has 2 rings (SSSR count). The number of carboxylic acids is 1. The fourth-order valence-corrected chi connectivity index (χ4v) is 2.27. The summed E-state index contributed by atoms with van der Waals surface area (Å²) in [6.45, 7) is 5.82. The number of nitrogens with one attached hydrogen (secondary N) is 1. The lowest BCUT2D eigenvalue weighted by molar-refractivity contribution is -0.147. The predicted molar refractivity (Wildman–Crippen MR) is 68.6 cm³/mol. The number of benzene rings is 1. The molecule has 1 saturated carbocycles. The lowest BCUT2D eigenvalue weighted by Crippen LogP contribution is -2.31. The van der Waals surface area contributed by atoms with Gasteiger partial charge < -0.3 is 10.4 Å². The van der Waals surface area contributed by atoms with E-state index in [1.165, 1.54) is 0 Å². The molecule has 1 aromatic carbocycles. The smallest absolute Gasteiger partial charge is 0.319 e. The third kappa shape index (κ3) is 1.98. The zero-order valence-corrected chi connectivity index (χ0v) is 10.8. The van der Waals surface area contributed by atoms with E-state index in [-0.39, 0.29) is 0 Å². The Morgan fingerprint density at radius 1 is 1.17 bits per heavy atom. The van der Waals surface area contributed by atoms with Crippen molar-refractivity contribution in [1.29, 1.82) is 0 Å². The number of aliphatic carboxylic acids is 1. The SMILES string of the molecule is Cc1cc(C)c(NC(=O)C2(C(=O)O)CC2)c(C)c1. The normalized spacial score (nSPS) is 16.2. The van der Waals surface area contributed by atoms with E-state index in [4.69, 9.17) is 5.11 Å². The average molecular weight is 247 g/mol. The molecule has 0 heterocycles. The van der Waals surface area contributed by atoms with Crippen molar-refractivity contribution in [2.24, 2.45) is 5.41 Å². The minimum absolute atomic E-state index is 0.398. The lowest BCUT2D eigenvalue weighted by atomic mass is 10.0. The fraction of sp³-hybridized carbons (Fsp3) is 0.429. The molecule has 4 heteroatoms. The van der Waals surface area contributed by atoms with Crippen LogP contribution in [-0.2, 0) is 9.59 Å². The van der Waals surface area contributed by atoms with Gasteiger partial charge in [-0.05, 0) is 44.7 Å². The van der Waals surface area contributed by atoms with E-state index >= 15 is 0 Å². The molecule has 4 nitrogen and oxygen atoms in total. The zero-order valence-electron chi connectivity index (χ0n) is 10.8. The maximum absolute atomic E-state index is 12.0. The van der Waals surface area contributed by atoms with E-state index in [9.17, 15) is 9.59 Å². The molecule has 96 valence electrons. The molecule has 0 aliphatic heterocycles. The zero-order chi connectivity index (χ0) is 13.5. The van der Waals surface area contributed by atoms with Crippen molar-refractivity contribution in [3.05, 3.63) is 28.8 Å². The van der Waals surface area contributed by atoms with Crippen LogP contribution in [-0.4, -0.2) is 17.0 Å². The number of anilines is 1. The van der Waals surface area contributed by atoms with E-state index in [0.717, 1.165) is 22.4 Å². The van der Waals surface area contributed by atoms with Gasteiger partial charge in [-0.2, -0.15) is 0 Å². The van der Waals surface area contributed by atoms with Crippen molar-refractivity contribution in [2.75, 3.05) is 5.32 Å². The van der Waals surface area contributed by atoms with Crippen molar-refractivity contribution >= 4 is 17.6 Å². The van der Waals surface area contributed by atoms with E-state index < -0.39 is 17.3 Å². The van der Waals surface area contributed by atoms with Crippen LogP contribution in [0.4, 0.5) is 5.69 Å². The van der Waals surface area contributed by atoms with Gasteiger partial charge in [0.05, 0.1) is 0 Å². The fourth-order valence-electron chi connectivity index (χ4n) is 2.27. The second kappa shape index (κ2) is 4.12. The van der Waals surface area contributed by atoms with Crippen LogP contribution in [0.25, 0.3) is 0 Å². The maximum Gasteiger partial charge on any atom is 0.319 e. The van der Waals surface area contributed by atoms with E-state index in [1.54, 1.807) is 0 Å². The van der Waals surface area contributed by atoms with Crippen LogP contribution in [0.15, 0.2) is 12.1 Å². The van der Waals surface area contributed by atoms with E-state index in [2.05, 4.69) is 5.32 Å². The first-order valence-corrected chi connectivity index (χ1v) is 5.99. The number of carbonyl (C=O) groups excluding carboxylic acids is 1. The minimum Gasteiger partial charge on any atom is -0.480 e. The Morgan fingerprint density at radius 2 is 1.67 bits per heavy atom. The first kappa shape index (κ1) is 12.6.